The molecular weight excluding hydrogens is 501 g/mol. The lowest BCUT2D eigenvalue weighted by molar-refractivity contribution is -0.686. The van der Waals surface area contributed by atoms with Crippen LogP contribution >= 0.6 is 0 Å². The Labute approximate surface area is 207 Å². The Morgan fingerprint density at radius 1 is 0.971 bits per heavy atom. The Hall–Kier alpha value is -3.32. The van der Waals surface area contributed by atoms with Crippen molar-refractivity contribution in [1.29, 1.82) is 0 Å². The highest BCUT2D eigenvalue weighted by Gasteiger charge is 2.32. The third-order valence-corrected chi connectivity index (χ3v) is 6.57. The number of hydrogen-bond donors (Lipinski definition) is 0. The minimum absolute atomic E-state index is 0. The van der Waals surface area contributed by atoms with E-state index in [1.807, 2.05) is 24.3 Å². The smallest absolute Gasteiger partial charge is 0.231 e. The molecule has 4 aromatic rings. The maximum absolute atomic E-state index is 14.8. The van der Waals surface area contributed by atoms with Gasteiger partial charge in [0.05, 0.1) is 25.2 Å². The summed E-state index contributed by atoms with van der Waals surface area (Å²) in [7, 11) is 3.28. The fourth-order valence-corrected chi connectivity index (χ4v) is 5.02. The third kappa shape index (κ3) is 3.46. The van der Waals surface area contributed by atoms with Gasteiger partial charge in [-0.15, -0.1) is 0 Å². The van der Waals surface area contributed by atoms with E-state index in [2.05, 4.69) is 22.9 Å². The fourth-order valence-electron chi connectivity index (χ4n) is 5.02. The molecule has 1 aromatic heterocycles. The Balaban J connectivity index is 0.00000241. The molecule has 0 aliphatic carbocycles. The third-order valence-electron chi connectivity index (χ3n) is 6.57. The minimum atomic E-state index is -0.213. The van der Waals surface area contributed by atoms with E-state index in [9.17, 15) is 4.39 Å². The zero-order valence-corrected chi connectivity index (χ0v) is 20.4. The van der Waals surface area contributed by atoms with Crippen molar-refractivity contribution in [3.8, 4) is 34.3 Å². The first-order chi connectivity index (χ1) is 16.2. The second kappa shape index (κ2) is 8.80. The molecule has 0 saturated carbocycles. The molecule has 0 saturated heterocycles. The summed E-state index contributed by atoms with van der Waals surface area (Å²) in [6.07, 6.45) is 3.42. The first-order valence-corrected chi connectivity index (χ1v) is 10.9. The maximum Gasteiger partial charge on any atom is 0.231 e. The van der Waals surface area contributed by atoms with Crippen LogP contribution in [0.1, 0.15) is 16.7 Å². The van der Waals surface area contributed by atoms with Crippen molar-refractivity contribution in [3.05, 3.63) is 77.2 Å². The first-order valence-electron chi connectivity index (χ1n) is 10.9. The summed E-state index contributed by atoms with van der Waals surface area (Å²) < 4.78 is 39.6. The van der Waals surface area contributed by atoms with E-state index < -0.39 is 0 Å². The molecule has 7 heteroatoms. The lowest BCUT2D eigenvalue weighted by Crippen LogP contribution is -3.00. The van der Waals surface area contributed by atoms with Gasteiger partial charge in [-0.2, -0.15) is 4.57 Å². The molecule has 2 aliphatic heterocycles. The Kier molecular flexibility index (Phi) is 5.81. The minimum Gasteiger partial charge on any atom is -1.00 e. The Morgan fingerprint density at radius 2 is 1.76 bits per heavy atom. The number of ether oxygens (including phenoxy) is 4. The van der Waals surface area contributed by atoms with Gasteiger partial charge in [-0.05, 0) is 41.5 Å². The monoisotopic (exact) mass is 523 g/mol. The normalized spacial score (nSPS) is 13.1. The predicted molar refractivity (Wildman–Crippen MR) is 122 cm³/mol. The summed E-state index contributed by atoms with van der Waals surface area (Å²) >= 11 is 0. The Bertz CT molecular complexity index is 1420. The van der Waals surface area contributed by atoms with E-state index >= 15 is 0 Å². The van der Waals surface area contributed by atoms with Crippen LogP contribution in [0.5, 0.6) is 23.0 Å². The van der Waals surface area contributed by atoms with Crippen LogP contribution in [0.15, 0.2) is 54.7 Å². The lowest BCUT2D eigenvalue weighted by Gasteiger charge is -2.21. The summed E-state index contributed by atoms with van der Waals surface area (Å²) in [4.78, 5) is 0. The number of fused-ring (bicyclic) bond motifs is 5. The van der Waals surface area contributed by atoms with Crippen molar-refractivity contribution < 1.29 is 44.9 Å². The molecule has 174 valence electrons. The van der Waals surface area contributed by atoms with Crippen LogP contribution in [-0.2, 0) is 19.4 Å². The van der Waals surface area contributed by atoms with Crippen molar-refractivity contribution in [2.75, 3.05) is 21.0 Å². The standard InChI is InChI=1S/C27H23FNO4.BrH/c1-30-23-8-7-18-20(11-17-5-3-4-6-22(17)28)26-19-13-25-24(32-15-33-25)12-16(19)9-10-29(26)14-21(18)27(23)31-2;/h3-8,12-14H,9-11,15H2,1-2H3;1H/q+1;/p-1. The van der Waals surface area contributed by atoms with Crippen LogP contribution in [0, 0.1) is 5.82 Å². The van der Waals surface area contributed by atoms with Gasteiger partial charge >= 0.3 is 0 Å². The number of rotatable bonds is 4. The lowest BCUT2D eigenvalue weighted by atomic mass is 9.88. The van der Waals surface area contributed by atoms with Gasteiger partial charge in [0.15, 0.2) is 35.7 Å². The highest BCUT2D eigenvalue weighted by molar-refractivity contribution is 5.95. The van der Waals surface area contributed by atoms with E-state index in [0.29, 0.717) is 23.5 Å². The summed E-state index contributed by atoms with van der Waals surface area (Å²) in [6, 6.07) is 15.0. The molecule has 0 unspecified atom stereocenters. The number of methoxy groups -OCH3 is 2. The number of pyridine rings is 1. The van der Waals surface area contributed by atoms with E-state index in [1.54, 1.807) is 20.3 Å². The summed E-state index contributed by atoms with van der Waals surface area (Å²) in [5.74, 6) is 2.66. The molecule has 0 amide bonds. The van der Waals surface area contributed by atoms with Gasteiger partial charge in [0.2, 0.25) is 12.5 Å². The number of benzene rings is 3. The molecule has 34 heavy (non-hydrogen) atoms. The largest absolute Gasteiger partial charge is 1.00 e. The van der Waals surface area contributed by atoms with Gasteiger partial charge in [0.1, 0.15) is 5.82 Å². The van der Waals surface area contributed by atoms with Crippen LogP contribution < -0.4 is 40.5 Å². The average Bonchev–Trinajstić information content (AvgIpc) is 3.30. The van der Waals surface area contributed by atoms with Crippen molar-refractivity contribution in [2.24, 2.45) is 0 Å². The average molecular weight is 524 g/mol. The van der Waals surface area contributed by atoms with Crippen molar-refractivity contribution >= 4 is 10.8 Å². The number of aromatic nitrogens is 1. The van der Waals surface area contributed by atoms with Crippen LogP contribution in [-0.4, -0.2) is 21.0 Å². The molecule has 0 fully saturated rings. The second-order valence-corrected chi connectivity index (χ2v) is 8.29. The summed E-state index contributed by atoms with van der Waals surface area (Å²) in [5.41, 5.74) is 5.05. The summed E-state index contributed by atoms with van der Waals surface area (Å²) in [6.45, 7) is 1.03. The van der Waals surface area contributed by atoms with Gasteiger partial charge in [0.25, 0.3) is 0 Å². The van der Waals surface area contributed by atoms with Crippen LogP contribution in [0.25, 0.3) is 22.0 Å². The SMILES string of the molecule is COc1ccc2c(Cc3ccccc3F)c3[n+](cc2c1OC)CCc1cc2c(cc1-3)OCO2.[Br-]. The second-order valence-electron chi connectivity index (χ2n) is 8.29. The maximum atomic E-state index is 14.8. The van der Waals surface area contributed by atoms with Gasteiger partial charge < -0.3 is 35.9 Å². The highest BCUT2D eigenvalue weighted by Crippen LogP contribution is 2.44. The van der Waals surface area contributed by atoms with Gasteiger partial charge in [-0.25, -0.2) is 4.39 Å². The molecule has 0 atom stereocenters. The predicted octanol–water partition coefficient (Wildman–Crippen LogP) is 1.83. The number of halogens is 2. The van der Waals surface area contributed by atoms with Crippen molar-refractivity contribution in [1.82, 2.24) is 0 Å². The van der Waals surface area contributed by atoms with Crippen molar-refractivity contribution in [3.63, 3.8) is 0 Å². The molecule has 6 rings (SSSR count). The van der Waals surface area contributed by atoms with E-state index in [-0.39, 0.29) is 29.6 Å². The molecule has 0 spiro atoms. The van der Waals surface area contributed by atoms with E-state index in [4.69, 9.17) is 18.9 Å². The van der Waals surface area contributed by atoms with Crippen LogP contribution in [0.3, 0.4) is 0 Å². The molecule has 0 radical (unpaired) electrons. The first kappa shape index (κ1) is 22.5. The fraction of sp³-hybridized carbons (Fsp3) is 0.222. The van der Waals surface area contributed by atoms with Crippen molar-refractivity contribution in [2.45, 2.75) is 19.4 Å². The highest BCUT2D eigenvalue weighted by atomic mass is 79.9. The van der Waals surface area contributed by atoms with Gasteiger partial charge in [-0.3, -0.25) is 0 Å². The molecule has 2 aliphatic rings. The van der Waals surface area contributed by atoms with Crippen LogP contribution in [0.2, 0.25) is 0 Å². The molecule has 3 aromatic carbocycles. The Morgan fingerprint density at radius 3 is 2.53 bits per heavy atom. The van der Waals surface area contributed by atoms with Gasteiger partial charge in [0, 0.05) is 23.8 Å². The molecular formula is C27H23BrFNO4. The number of aryl methyl sites for hydroxylation is 2. The van der Waals surface area contributed by atoms with E-state index in [0.717, 1.165) is 52.1 Å². The molecule has 3 heterocycles. The zero-order valence-electron chi connectivity index (χ0n) is 18.9. The van der Waals surface area contributed by atoms with Crippen LogP contribution in [0.4, 0.5) is 4.39 Å². The molecule has 5 nitrogen and oxygen atoms in total. The van der Waals surface area contributed by atoms with Gasteiger partial charge in [-0.1, -0.05) is 18.2 Å². The topological polar surface area (TPSA) is 40.8 Å². The zero-order chi connectivity index (χ0) is 22.5. The molecule has 0 N–H and O–H groups in total. The summed E-state index contributed by atoms with van der Waals surface area (Å²) in [5, 5.41) is 1.95. The quantitative estimate of drug-likeness (QED) is 0.383. The van der Waals surface area contributed by atoms with E-state index in [1.165, 1.54) is 11.6 Å². The number of nitrogens with zero attached hydrogens (tertiary/aromatic N) is 1. The molecule has 0 bridgehead atoms. The number of hydrogen-bond acceptors (Lipinski definition) is 4.